The lowest BCUT2D eigenvalue weighted by Gasteiger charge is -2.05. The van der Waals surface area contributed by atoms with Crippen molar-refractivity contribution < 1.29 is 13.9 Å². The second-order valence-electron chi connectivity index (χ2n) is 2.77. The Morgan fingerprint density at radius 3 is 2.54 bits per heavy atom. The Labute approximate surface area is 75.3 Å². The van der Waals surface area contributed by atoms with E-state index in [2.05, 4.69) is 4.74 Å². The van der Waals surface area contributed by atoms with E-state index in [-0.39, 0.29) is 5.75 Å². The maximum absolute atomic E-state index is 13.1. The van der Waals surface area contributed by atoms with Gasteiger partial charge in [-0.1, -0.05) is 0 Å². The number of nitrogens with two attached hydrogens (primary N) is 1. The Hall–Kier alpha value is -1.58. The van der Waals surface area contributed by atoms with Crippen LogP contribution in [-0.4, -0.2) is 6.09 Å². The Kier molecular flexibility index (Phi) is 2.51. The van der Waals surface area contributed by atoms with Crippen LogP contribution in [0.25, 0.3) is 0 Å². The van der Waals surface area contributed by atoms with Crippen molar-refractivity contribution in [3.8, 4) is 5.75 Å². The third kappa shape index (κ3) is 2.18. The molecule has 4 heteroatoms. The molecule has 1 amide bonds. The Morgan fingerprint density at radius 2 is 2.08 bits per heavy atom. The van der Waals surface area contributed by atoms with Crippen molar-refractivity contribution in [2.45, 2.75) is 13.8 Å². The minimum Gasteiger partial charge on any atom is -0.410 e. The van der Waals surface area contributed by atoms with Crippen LogP contribution in [0.5, 0.6) is 5.75 Å². The molecule has 1 aromatic rings. The molecule has 13 heavy (non-hydrogen) atoms. The van der Waals surface area contributed by atoms with Crippen LogP contribution in [0.1, 0.15) is 11.1 Å². The van der Waals surface area contributed by atoms with Crippen molar-refractivity contribution in [3.63, 3.8) is 0 Å². The zero-order valence-corrected chi connectivity index (χ0v) is 7.43. The van der Waals surface area contributed by atoms with Crippen LogP contribution >= 0.6 is 0 Å². The van der Waals surface area contributed by atoms with Gasteiger partial charge in [0.15, 0.2) is 0 Å². The summed E-state index contributed by atoms with van der Waals surface area (Å²) in [6.45, 7) is 3.38. The van der Waals surface area contributed by atoms with Crippen LogP contribution in [0.2, 0.25) is 0 Å². The van der Waals surface area contributed by atoms with Gasteiger partial charge >= 0.3 is 6.09 Å². The van der Waals surface area contributed by atoms with Gasteiger partial charge in [0.2, 0.25) is 0 Å². The second-order valence-corrected chi connectivity index (χ2v) is 2.77. The number of halogens is 1. The van der Waals surface area contributed by atoms with Crippen LogP contribution in [0.15, 0.2) is 12.1 Å². The summed E-state index contributed by atoms with van der Waals surface area (Å²) < 4.78 is 17.6. The van der Waals surface area contributed by atoms with E-state index in [4.69, 9.17) is 5.73 Å². The predicted molar refractivity (Wildman–Crippen MR) is 46.1 cm³/mol. The summed E-state index contributed by atoms with van der Waals surface area (Å²) in [6, 6.07) is 2.69. The third-order valence-electron chi connectivity index (χ3n) is 1.80. The van der Waals surface area contributed by atoms with Gasteiger partial charge in [-0.25, -0.2) is 9.18 Å². The molecule has 0 heterocycles. The van der Waals surface area contributed by atoms with Crippen LogP contribution in [0.3, 0.4) is 0 Å². The summed E-state index contributed by atoms with van der Waals surface area (Å²) in [5.41, 5.74) is 6.04. The number of hydrogen-bond donors (Lipinski definition) is 1. The first kappa shape index (κ1) is 9.51. The number of primary amides is 1. The third-order valence-corrected chi connectivity index (χ3v) is 1.80. The van der Waals surface area contributed by atoms with E-state index in [9.17, 15) is 9.18 Å². The Bertz CT molecular complexity index is 326. The molecule has 0 aliphatic rings. The van der Waals surface area contributed by atoms with E-state index in [0.717, 1.165) is 11.6 Å². The lowest BCUT2D eigenvalue weighted by atomic mass is 10.1. The molecule has 0 fully saturated rings. The normalized spacial score (nSPS) is 9.77. The monoisotopic (exact) mass is 183 g/mol. The minimum absolute atomic E-state index is 0.133. The van der Waals surface area contributed by atoms with Gasteiger partial charge in [-0.05, 0) is 31.0 Å². The van der Waals surface area contributed by atoms with Crippen molar-refractivity contribution in [1.29, 1.82) is 0 Å². The molecule has 0 aromatic heterocycles. The van der Waals surface area contributed by atoms with Crippen molar-refractivity contribution in [2.24, 2.45) is 5.73 Å². The zero-order chi connectivity index (χ0) is 10.0. The molecule has 2 N–H and O–H groups in total. The van der Waals surface area contributed by atoms with Gasteiger partial charge in [-0.2, -0.15) is 0 Å². The fourth-order valence-corrected chi connectivity index (χ4v) is 0.960. The predicted octanol–water partition coefficient (Wildman–Crippen LogP) is 1.90. The van der Waals surface area contributed by atoms with Crippen LogP contribution < -0.4 is 10.5 Å². The van der Waals surface area contributed by atoms with Crippen LogP contribution in [-0.2, 0) is 0 Å². The van der Waals surface area contributed by atoms with E-state index in [1.807, 2.05) is 0 Å². The molecule has 0 spiro atoms. The Balaban J connectivity index is 3.06. The molecule has 1 rings (SSSR count). The highest BCUT2D eigenvalue weighted by Crippen LogP contribution is 2.20. The summed E-state index contributed by atoms with van der Waals surface area (Å²) in [6.07, 6.45) is -0.942. The maximum atomic E-state index is 13.1. The van der Waals surface area contributed by atoms with Gasteiger partial charge in [0.1, 0.15) is 11.6 Å². The number of hydrogen-bond acceptors (Lipinski definition) is 2. The Morgan fingerprint density at radius 1 is 1.46 bits per heavy atom. The molecular weight excluding hydrogens is 173 g/mol. The van der Waals surface area contributed by atoms with Gasteiger partial charge in [-0.15, -0.1) is 0 Å². The van der Waals surface area contributed by atoms with Gasteiger partial charge in [0.05, 0.1) is 0 Å². The molecule has 0 aliphatic heterocycles. The minimum atomic E-state index is -0.942. The number of aryl methyl sites for hydroxylation is 1. The highest BCUT2D eigenvalue weighted by atomic mass is 19.1. The molecule has 0 bridgehead atoms. The van der Waals surface area contributed by atoms with Crippen molar-refractivity contribution in [3.05, 3.63) is 29.1 Å². The molecule has 1 aromatic carbocycles. The van der Waals surface area contributed by atoms with E-state index >= 15 is 0 Å². The van der Waals surface area contributed by atoms with Crippen molar-refractivity contribution >= 4 is 6.09 Å². The fraction of sp³-hybridized carbons (Fsp3) is 0.222. The highest BCUT2D eigenvalue weighted by molar-refractivity contribution is 5.68. The first-order valence-corrected chi connectivity index (χ1v) is 3.74. The number of ether oxygens (including phenoxy) is 1. The van der Waals surface area contributed by atoms with E-state index in [0.29, 0.717) is 5.56 Å². The molecule has 3 nitrogen and oxygen atoms in total. The second kappa shape index (κ2) is 3.43. The zero-order valence-electron chi connectivity index (χ0n) is 7.43. The lowest BCUT2D eigenvalue weighted by Crippen LogP contribution is -2.16. The molecule has 0 unspecified atom stereocenters. The van der Waals surface area contributed by atoms with Crippen molar-refractivity contribution in [1.82, 2.24) is 0 Å². The summed E-state index contributed by atoms with van der Waals surface area (Å²) >= 11 is 0. The van der Waals surface area contributed by atoms with Gasteiger partial charge < -0.3 is 10.5 Å². The first-order chi connectivity index (χ1) is 6.00. The van der Waals surface area contributed by atoms with Crippen LogP contribution in [0.4, 0.5) is 9.18 Å². The number of rotatable bonds is 1. The average molecular weight is 183 g/mol. The number of carbonyl (C=O) groups is 1. The summed E-state index contributed by atoms with van der Waals surface area (Å²) in [5.74, 6) is -0.274. The number of amides is 1. The van der Waals surface area contributed by atoms with Gasteiger partial charge in [0, 0.05) is 6.07 Å². The molecule has 0 atom stereocenters. The standard InChI is InChI=1S/C9H10FNO2/c1-5-3-7(13-9(11)12)4-8(10)6(5)2/h3-4H,1-2H3,(H2,11,12). The lowest BCUT2D eigenvalue weighted by molar-refractivity contribution is 0.210. The number of benzene rings is 1. The quantitative estimate of drug-likeness (QED) is 0.722. The topological polar surface area (TPSA) is 52.3 Å². The summed E-state index contributed by atoms with van der Waals surface area (Å²) in [7, 11) is 0. The largest absolute Gasteiger partial charge is 0.410 e. The van der Waals surface area contributed by atoms with Crippen LogP contribution in [0, 0.1) is 19.7 Å². The molecule has 0 aliphatic carbocycles. The van der Waals surface area contributed by atoms with Gasteiger partial charge in [0.25, 0.3) is 0 Å². The highest BCUT2D eigenvalue weighted by Gasteiger charge is 2.06. The SMILES string of the molecule is Cc1cc(OC(N)=O)cc(F)c1C. The number of carbonyl (C=O) groups excluding carboxylic acids is 1. The molecule has 0 saturated heterocycles. The van der Waals surface area contributed by atoms with E-state index in [1.165, 1.54) is 0 Å². The van der Waals surface area contributed by atoms with Gasteiger partial charge in [-0.3, -0.25) is 0 Å². The van der Waals surface area contributed by atoms with Crippen molar-refractivity contribution in [2.75, 3.05) is 0 Å². The first-order valence-electron chi connectivity index (χ1n) is 3.74. The molecular formula is C9H10FNO2. The van der Waals surface area contributed by atoms with E-state index < -0.39 is 11.9 Å². The molecule has 0 radical (unpaired) electrons. The molecule has 0 saturated carbocycles. The maximum Gasteiger partial charge on any atom is 0.409 e. The molecule has 70 valence electrons. The average Bonchev–Trinajstić information content (AvgIpc) is 1.98. The summed E-state index contributed by atoms with van der Waals surface area (Å²) in [4.78, 5) is 10.4. The fourth-order valence-electron chi connectivity index (χ4n) is 0.960. The summed E-state index contributed by atoms with van der Waals surface area (Å²) in [5, 5.41) is 0. The van der Waals surface area contributed by atoms with E-state index in [1.54, 1.807) is 19.9 Å². The smallest absolute Gasteiger partial charge is 0.409 e.